The van der Waals surface area contributed by atoms with Crippen LogP contribution in [-0.4, -0.2) is 37.5 Å². The number of hydrogen-bond donors (Lipinski definition) is 3. The van der Waals surface area contributed by atoms with E-state index in [-0.39, 0.29) is 11.9 Å². The lowest BCUT2D eigenvalue weighted by Crippen LogP contribution is -2.42. The lowest BCUT2D eigenvalue weighted by Gasteiger charge is -2.24. The van der Waals surface area contributed by atoms with Gasteiger partial charge in [-0.15, -0.1) is 0 Å². The molecule has 0 aromatic heterocycles. The first-order chi connectivity index (χ1) is 9.43. The maximum Gasteiger partial charge on any atom is 0.253 e. The van der Waals surface area contributed by atoms with Gasteiger partial charge in [0.05, 0.1) is 11.3 Å². The molecule has 112 valence electrons. The molecule has 5 nitrogen and oxygen atoms in total. The fourth-order valence-electron chi connectivity index (χ4n) is 2.26. The third-order valence-corrected chi connectivity index (χ3v) is 3.00. The van der Waals surface area contributed by atoms with Gasteiger partial charge >= 0.3 is 0 Å². The van der Waals surface area contributed by atoms with Gasteiger partial charge in [0.15, 0.2) is 0 Å². The minimum Gasteiger partial charge on any atom is -0.348 e. The van der Waals surface area contributed by atoms with Gasteiger partial charge in [0, 0.05) is 12.6 Å². The number of nitrogen functional groups attached to an aromatic ring is 1. The summed E-state index contributed by atoms with van der Waals surface area (Å²) in [5.41, 5.74) is 3.77. The van der Waals surface area contributed by atoms with E-state index in [0.29, 0.717) is 17.2 Å². The predicted octanol–water partition coefficient (Wildman–Crippen LogP) is 1.68. The fourth-order valence-corrected chi connectivity index (χ4v) is 2.26. The van der Waals surface area contributed by atoms with E-state index in [9.17, 15) is 4.79 Å². The van der Waals surface area contributed by atoms with Crippen LogP contribution >= 0.6 is 0 Å². The fraction of sp³-hybridized carbons (Fsp3) is 0.533. The summed E-state index contributed by atoms with van der Waals surface area (Å²) in [5.74, 6) is 5.88. The van der Waals surface area contributed by atoms with Gasteiger partial charge in [-0.05, 0) is 38.6 Å². The number of nitrogens with zero attached hydrogens (tertiary/aromatic N) is 1. The summed E-state index contributed by atoms with van der Waals surface area (Å²) in [7, 11) is 4.02. The van der Waals surface area contributed by atoms with Crippen LogP contribution in [0.5, 0.6) is 0 Å². The van der Waals surface area contributed by atoms with E-state index < -0.39 is 0 Å². The molecule has 1 amide bonds. The minimum atomic E-state index is -0.0916. The van der Waals surface area contributed by atoms with Crippen LogP contribution in [0.2, 0.25) is 0 Å². The molecule has 0 bridgehead atoms. The number of para-hydroxylation sites is 1. The minimum absolute atomic E-state index is 0.0916. The average Bonchev–Trinajstić information content (AvgIpc) is 2.36. The Kier molecular flexibility index (Phi) is 6.48. The number of hydrazine groups is 1. The Hall–Kier alpha value is -1.59. The zero-order valence-corrected chi connectivity index (χ0v) is 12.8. The summed E-state index contributed by atoms with van der Waals surface area (Å²) in [6.07, 6.45) is 0.947. The first kappa shape index (κ1) is 16.5. The van der Waals surface area contributed by atoms with E-state index in [2.05, 4.69) is 29.5 Å². The standard InChI is InChI=1S/C15H26N4O/c1-11(2)9-12(10-19(3)4)17-15(20)13-7-5-6-8-14(13)18-16/h5-8,11-12,18H,9-10,16H2,1-4H3,(H,17,20). The van der Waals surface area contributed by atoms with Crippen LogP contribution in [0.15, 0.2) is 24.3 Å². The van der Waals surface area contributed by atoms with E-state index in [1.807, 2.05) is 26.2 Å². The van der Waals surface area contributed by atoms with Gasteiger partial charge in [0.1, 0.15) is 0 Å². The summed E-state index contributed by atoms with van der Waals surface area (Å²) in [4.78, 5) is 14.5. The molecule has 1 unspecified atom stereocenters. The molecular formula is C15H26N4O. The Balaban J connectivity index is 2.79. The van der Waals surface area contributed by atoms with E-state index in [1.165, 1.54) is 0 Å². The molecule has 0 aliphatic carbocycles. The number of carbonyl (C=O) groups excluding carboxylic acids is 1. The first-order valence-corrected chi connectivity index (χ1v) is 6.95. The zero-order valence-electron chi connectivity index (χ0n) is 12.8. The van der Waals surface area contributed by atoms with E-state index in [4.69, 9.17) is 5.84 Å². The average molecular weight is 278 g/mol. The predicted molar refractivity (Wildman–Crippen MR) is 83.5 cm³/mol. The molecule has 0 heterocycles. The van der Waals surface area contributed by atoms with Gasteiger partial charge in [-0.25, -0.2) is 0 Å². The molecule has 20 heavy (non-hydrogen) atoms. The van der Waals surface area contributed by atoms with Crippen LogP contribution in [0.25, 0.3) is 0 Å². The summed E-state index contributed by atoms with van der Waals surface area (Å²) in [6.45, 7) is 5.14. The van der Waals surface area contributed by atoms with Crippen molar-refractivity contribution in [1.29, 1.82) is 0 Å². The second-order valence-electron chi connectivity index (χ2n) is 5.75. The number of amides is 1. The molecule has 0 spiro atoms. The van der Waals surface area contributed by atoms with Crippen molar-refractivity contribution in [3.05, 3.63) is 29.8 Å². The molecule has 0 aliphatic rings. The van der Waals surface area contributed by atoms with Crippen molar-refractivity contribution in [2.45, 2.75) is 26.3 Å². The maximum atomic E-state index is 12.4. The summed E-state index contributed by atoms with van der Waals surface area (Å²) in [5, 5.41) is 3.09. The number of benzene rings is 1. The Labute approximate surface area is 121 Å². The van der Waals surface area contributed by atoms with Crippen molar-refractivity contribution in [1.82, 2.24) is 10.2 Å². The van der Waals surface area contributed by atoms with Crippen LogP contribution in [-0.2, 0) is 0 Å². The molecular weight excluding hydrogens is 252 g/mol. The highest BCUT2D eigenvalue weighted by Gasteiger charge is 2.17. The van der Waals surface area contributed by atoms with Crippen LogP contribution in [0, 0.1) is 5.92 Å². The number of rotatable bonds is 7. The van der Waals surface area contributed by atoms with Crippen molar-refractivity contribution < 1.29 is 4.79 Å². The lowest BCUT2D eigenvalue weighted by molar-refractivity contribution is 0.0925. The van der Waals surface area contributed by atoms with E-state index in [0.717, 1.165) is 13.0 Å². The molecule has 0 saturated carbocycles. The van der Waals surface area contributed by atoms with Crippen molar-refractivity contribution in [3.63, 3.8) is 0 Å². The number of carbonyl (C=O) groups is 1. The Morgan fingerprint density at radius 2 is 1.95 bits per heavy atom. The van der Waals surface area contributed by atoms with Crippen molar-refractivity contribution in [3.8, 4) is 0 Å². The third-order valence-electron chi connectivity index (χ3n) is 3.00. The van der Waals surface area contributed by atoms with Crippen LogP contribution in [0.4, 0.5) is 5.69 Å². The molecule has 1 atom stereocenters. The molecule has 4 N–H and O–H groups in total. The van der Waals surface area contributed by atoms with Gasteiger partial charge in [-0.2, -0.15) is 0 Å². The molecule has 0 fully saturated rings. The number of nitrogens with two attached hydrogens (primary N) is 1. The highest BCUT2D eigenvalue weighted by molar-refractivity contribution is 5.99. The lowest BCUT2D eigenvalue weighted by atomic mass is 10.0. The third kappa shape index (κ3) is 5.19. The van der Waals surface area contributed by atoms with Crippen LogP contribution < -0.4 is 16.6 Å². The first-order valence-electron chi connectivity index (χ1n) is 6.95. The zero-order chi connectivity index (χ0) is 15.1. The monoisotopic (exact) mass is 278 g/mol. The molecule has 5 heteroatoms. The molecule has 0 saturated heterocycles. The quantitative estimate of drug-likeness (QED) is 0.524. The molecule has 1 rings (SSSR count). The Morgan fingerprint density at radius 1 is 1.30 bits per heavy atom. The summed E-state index contributed by atoms with van der Waals surface area (Å²) in [6, 6.07) is 7.37. The topological polar surface area (TPSA) is 70.4 Å². The largest absolute Gasteiger partial charge is 0.348 e. The molecule has 0 aliphatic heterocycles. The van der Waals surface area contributed by atoms with Crippen molar-refractivity contribution in [2.24, 2.45) is 11.8 Å². The smallest absolute Gasteiger partial charge is 0.253 e. The van der Waals surface area contributed by atoms with Crippen molar-refractivity contribution >= 4 is 11.6 Å². The highest BCUT2D eigenvalue weighted by atomic mass is 16.1. The van der Waals surface area contributed by atoms with Gasteiger partial charge in [0.25, 0.3) is 5.91 Å². The van der Waals surface area contributed by atoms with Gasteiger partial charge < -0.3 is 15.6 Å². The second-order valence-corrected chi connectivity index (χ2v) is 5.75. The van der Waals surface area contributed by atoms with Gasteiger partial charge in [-0.3, -0.25) is 10.6 Å². The normalized spacial score (nSPS) is 12.6. The second kappa shape index (κ2) is 7.87. The molecule has 1 aromatic carbocycles. The molecule has 0 radical (unpaired) electrons. The van der Waals surface area contributed by atoms with Crippen LogP contribution in [0.3, 0.4) is 0 Å². The van der Waals surface area contributed by atoms with E-state index in [1.54, 1.807) is 12.1 Å². The van der Waals surface area contributed by atoms with Crippen molar-refractivity contribution in [2.75, 3.05) is 26.1 Å². The number of hydrogen-bond acceptors (Lipinski definition) is 4. The molecule has 1 aromatic rings. The Morgan fingerprint density at radius 3 is 2.50 bits per heavy atom. The van der Waals surface area contributed by atoms with Crippen LogP contribution in [0.1, 0.15) is 30.6 Å². The van der Waals surface area contributed by atoms with Gasteiger partial charge in [0.2, 0.25) is 0 Å². The van der Waals surface area contributed by atoms with Gasteiger partial charge in [-0.1, -0.05) is 26.0 Å². The Bertz CT molecular complexity index is 422. The summed E-state index contributed by atoms with van der Waals surface area (Å²) >= 11 is 0. The SMILES string of the molecule is CC(C)CC(CN(C)C)NC(=O)c1ccccc1NN. The number of likely N-dealkylation sites (N-methyl/N-ethyl adjacent to an activating group) is 1. The maximum absolute atomic E-state index is 12.4. The summed E-state index contributed by atoms with van der Waals surface area (Å²) < 4.78 is 0. The van der Waals surface area contributed by atoms with E-state index >= 15 is 0 Å². The number of nitrogens with one attached hydrogen (secondary N) is 2. The number of anilines is 1. The highest BCUT2D eigenvalue weighted by Crippen LogP contribution is 2.14.